The molecule has 6 heteroatoms. The Bertz CT molecular complexity index is 357. The number of non-ortho nitro benzene ring substituents is 1. The highest BCUT2D eigenvalue weighted by Gasteiger charge is 2.08. The molecule has 82 valence electrons. The molecule has 0 fully saturated rings. The predicted molar refractivity (Wildman–Crippen MR) is 56.9 cm³/mol. The molecule has 0 bridgehead atoms. The normalized spacial score (nSPS) is 10.3. The quantitative estimate of drug-likeness (QED) is 0.455. The van der Waals surface area contributed by atoms with Crippen molar-refractivity contribution in [3.8, 4) is 0 Å². The van der Waals surface area contributed by atoms with Crippen LogP contribution >= 0.6 is 11.6 Å². The van der Waals surface area contributed by atoms with Crippen LogP contribution in [0.4, 0.5) is 5.69 Å². The molecule has 0 atom stereocenters. The van der Waals surface area contributed by atoms with Crippen LogP contribution in [0.25, 0.3) is 0 Å². The van der Waals surface area contributed by atoms with Crippen molar-refractivity contribution in [3.05, 3.63) is 38.9 Å². The summed E-state index contributed by atoms with van der Waals surface area (Å²) in [7, 11) is 0. The topological polar surface area (TPSA) is 75.4 Å². The van der Waals surface area contributed by atoms with Crippen LogP contribution < -0.4 is 5.32 Å². The number of aliphatic hydroxyl groups is 1. The number of nitro benzene ring substituents is 1. The van der Waals surface area contributed by atoms with Gasteiger partial charge in [0.05, 0.1) is 16.6 Å². The Balaban J connectivity index is 2.70. The van der Waals surface area contributed by atoms with Crippen LogP contribution in [0.3, 0.4) is 0 Å². The van der Waals surface area contributed by atoms with E-state index in [1.54, 1.807) is 6.07 Å². The molecular weight excluding hydrogens is 220 g/mol. The Morgan fingerprint density at radius 1 is 1.53 bits per heavy atom. The summed E-state index contributed by atoms with van der Waals surface area (Å²) < 4.78 is 0. The summed E-state index contributed by atoms with van der Waals surface area (Å²) in [6.07, 6.45) is 0. The van der Waals surface area contributed by atoms with E-state index in [4.69, 9.17) is 16.7 Å². The number of aliphatic hydroxyl groups excluding tert-OH is 1. The van der Waals surface area contributed by atoms with E-state index in [1.165, 1.54) is 12.1 Å². The van der Waals surface area contributed by atoms with Crippen LogP contribution in [0.2, 0.25) is 5.02 Å². The first-order valence-electron chi connectivity index (χ1n) is 4.39. The fourth-order valence-electron chi connectivity index (χ4n) is 1.10. The minimum atomic E-state index is -0.489. The smallest absolute Gasteiger partial charge is 0.270 e. The Labute approximate surface area is 91.8 Å². The maximum atomic E-state index is 10.4. The lowest BCUT2D eigenvalue weighted by Gasteiger charge is -2.04. The Morgan fingerprint density at radius 3 is 2.80 bits per heavy atom. The van der Waals surface area contributed by atoms with Gasteiger partial charge in [-0.05, 0) is 11.6 Å². The second-order valence-corrected chi connectivity index (χ2v) is 3.34. The van der Waals surface area contributed by atoms with Crippen molar-refractivity contribution in [2.24, 2.45) is 0 Å². The molecule has 0 aromatic heterocycles. The van der Waals surface area contributed by atoms with E-state index in [9.17, 15) is 10.1 Å². The van der Waals surface area contributed by atoms with Crippen LogP contribution in [0.1, 0.15) is 5.56 Å². The first-order chi connectivity index (χ1) is 7.15. The molecule has 0 amide bonds. The van der Waals surface area contributed by atoms with Crippen molar-refractivity contribution in [2.45, 2.75) is 6.54 Å². The minimum Gasteiger partial charge on any atom is -0.395 e. The number of halogens is 1. The predicted octanol–water partition coefficient (Wildman–Crippen LogP) is 1.33. The summed E-state index contributed by atoms with van der Waals surface area (Å²) in [4.78, 5) is 9.93. The molecule has 0 unspecified atom stereocenters. The lowest BCUT2D eigenvalue weighted by molar-refractivity contribution is -0.384. The third-order valence-electron chi connectivity index (χ3n) is 1.85. The first-order valence-corrected chi connectivity index (χ1v) is 4.77. The average molecular weight is 231 g/mol. The molecule has 0 aliphatic carbocycles. The lowest BCUT2D eigenvalue weighted by atomic mass is 10.2. The highest BCUT2D eigenvalue weighted by Crippen LogP contribution is 2.22. The van der Waals surface area contributed by atoms with Crippen LogP contribution in [0.5, 0.6) is 0 Å². The summed E-state index contributed by atoms with van der Waals surface area (Å²) in [5, 5.41) is 22.3. The second kappa shape index (κ2) is 5.65. The van der Waals surface area contributed by atoms with Gasteiger partial charge in [-0.1, -0.05) is 11.6 Å². The Kier molecular flexibility index (Phi) is 4.48. The fourth-order valence-corrected chi connectivity index (χ4v) is 1.34. The zero-order chi connectivity index (χ0) is 11.3. The van der Waals surface area contributed by atoms with Gasteiger partial charge in [0.15, 0.2) is 0 Å². The third-order valence-corrected chi connectivity index (χ3v) is 2.20. The van der Waals surface area contributed by atoms with E-state index in [-0.39, 0.29) is 12.3 Å². The zero-order valence-electron chi connectivity index (χ0n) is 7.94. The molecule has 0 heterocycles. The average Bonchev–Trinajstić information content (AvgIpc) is 2.20. The molecule has 1 aromatic rings. The van der Waals surface area contributed by atoms with Crippen molar-refractivity contribution < 1.29 is 10.0 Å². The van der Waals surface area contributed by atoms with Gasteiger partial charge in [-0.2, -0.15) is 0 Å². The molecule has 0 saturated heterocycles. The number of hydrogen-bond donors (Lipinski definition) is 2. The SMILES string of the molecule is O=[N+]([O-])c1ccc(CNCCO)c(Cl)c1. The molecule has 1 aromatic carbocycles. The van der Waals surface area contributed by atoms with Crippen LogP contribution in [-0.2, 0) is 6.54 Å². The monoisotopic (exact) mass is 230 g/mol. The van der Waals surface area contributed by atoms with Gasteiger partial charge in [-0.25, -0.2) is 0 Å². The molecule has 0 spiro atoms. The van der Waals surface area contributed by atoms with Crippen LogP contribution in [0, 0.1) is 10.1 Å². The highest BCUT2D eigenvalue weighted by molar-refractivity contribution is 6.31. The molecule has 2 N–H and O–H groups in total. The lowest BCUT2D eigenvalue weighted by Crippen LogP contribution is -2.17. The number of nitrogens with zero attached hydrogens (tertiary/aromatic N) is 1. The van der Waals surface area contributed by atoms with Gasteiger partial charge in [-0.3, -0.25) is 10.1 Å². The van der Waals surface area contributed by atoms with E-state index < -0.39 is 4.92 Å². The van der Waals surface area contributed by atoms with Crippen LogP contribution in [0.15, 0.2) is 18.2 Å². The van der Waals surface area contributed by atoms with E-state index in [0.717, 1.165) is 5.56 Å². The Hall–Kier alpha value is -1.17. The molecule has 5 nitrogen and oxygen atoms in total. The summed E-state index contributed by atoms with van der Waals surface area (Å²) >= 11 is 5.85. The maximum Gasteiger partial charge on any atom is 0.270 e. The number of rotatable bonds is 5. The van der Waals surface area contributed by atoms with Gasteiger partial charge in [0.2, 0.25) is 0 Å². The fraction of sp³-hybridized carbons (Fsp3) is 0.333. The van der Waals surface area contributed by atoms with E-state index in [0.29, 0.717) is 18.1 Å². The van der Waals surface area contributed by atoms with Gasteiger partial charge in [0, 0.05) is 25.2 Å². The molecule has 0 aliphatic heterocycles. The molecular formula is C9H11ClN2O3. The summed E-state index contributed by atoms with van der Waals surface area (Å²) in [5.41, 5.74) is 0.752. The maximum absolute atomic E-state index is 10.4. The van der Waals surface area contributed by atoms with Gasteiger partial charge in [-0.15, -0.1) is 0 Å². The number of benzene rings is 1. The number of nitrogens with one attached hydrogen (secondary N) is 1. The van der Waals surface area contributed by atoms with Crippen molar-refractivity contribution in [1.29, 1.82) is 0 Å². The molecule has 0 aliphatic rings. The van der Waals surface area contributed by atoms with Gasteiger partial charge in [0.1, 0.15) is 0 Å². The van der Waals surface area contributed by atoms with Gasteiger partial charge >= 0.3 is 0 Å². The highest BCUT2D eigenvalue weighted by atomic mass is 35.5. The second-order valence-electron chi connectivity index (χ2n) is 2.93. The van der Waals surface area contributed by atoms with E-state index in [2.05, 4.69) is 5.32 Å². The molecule has 15 heavy (non-hydrogen) atoms. The Morgan fingerprint density at radius 2 is 2.27 bits per heavy atom. The summed E-state index contributed by atoms with van der Waals surface area (Å²) in [6, 6.07) is 4.32. The molecule has 0 radical (unpaired) electrons. The largest absolute Gasteiger partial charge is 0.395 e. The number of nitro groups is 1. The van der Waals surface area contributed by atoms with Crippen molar-refractivity contribution in [1.82, 2.24) is 5.32 Å². The van der Waals surface area contributed by atoms with E-state index >= 15 is 0 Å². The zero-order valence-corrected chi connectivity index (χ0v) is 8.70. The summed E-state index contributed by atoms with van der Waals surface area (Å²) in [6.45, 7) is 0.995. The van der Waals surface area contributed by atoms with Crippen molar-refractivity contribution in [3.63, 3.8) is 0 Å². The summed E-state index contributed by atoms with van der Waals surface area (Å²) in [5.74, 6) is 0. The van der Waals surface area contributed by atoms with Crippen LogP contribution in [-0.4, -0.2) is 23.2 Å². The van der Waals surface area contributed by atoms with Gasteiger partial charge < -0.3 is 10.4 Å². The van der Waals surface area contributed by atoms with Crippen molar-refractivity contribution in [2.75, 3.05) is 13.2 Å². The first kappa shape index (κ1) is 11.9. The molecule has 0 saturated carbocycles. The minimum absolute atomic E-state index is 0.0223. The standard InChI is InChI=1S/C9H11ClN2O3/c10-9-5-8(12(14)15)2-1-7(9)6-11-3-4-13/h1-2,5,11,13H,3-4,6H2. The third kappa shape index (κ3) is 3.47. The number of hydrogen-bond acceptors (Lipinski definition) is 4. The van der Waals surface area contributed by atoms with Gasteiger partial charge in [0.25, 0.3) is 5.69 Å². The van der Waals surface area contributed by atoms with E-state index in [1.807, 2.05) is 0 Å². The van der Waals surface area contributed by atoms with Crippen molar-refractivity contribution >= 4 is 17.3 Å². The molecule has 1 rings (SSSR count).